The molecule has 0 aliphatic rings. The maximum absolute atomic E-state index is 11.7. The number of halogens is 1. The molecule has 0 bridgehead atoms. The van der Waals surface area contributed by atoms with Gasteiger partial charge in [0.25, 0.3) is 5.91 Å². The Bertz CT molecular complexity index is 336. The number of amides is 1. The van der Waals surface area contributed by atoms with Crippen molar-refractivity contribution in [2.75, 3.05) is 6.54 Å². The molecular formula is C12H16BrNO. The van der Waals surface area contributed by atoms with Gasteiger partial charge in [0.1, 0.15) is 0 Å². The SMILES string of the molecule is CC(C)CNC(=O)c1cccc(CBr)c1. The second-order valence-electron chi connectivity index (χ2n) is 3.94. The lowest BCUT2D eigenvalue weighted by Crippen LogP contribution is -2.27. The predicted octanol–water partition coefficient (Wildman–Crippen LogP) is 2.97. The zero-order chi connectivity index (χ0) is 11.3. The van der Waals surface area contributed by atoms with Crippen molar-refractivity contribution in [1.29, 1.82) is 0 Å². The van der Waals surface area contributed by atoms with Crippen LogP contribution in [0.2, 0.25) is 0 Å². The third-order valence-electron chi connectivity index (χ3n) is 2.01. The van der Waals surface area contributed by atoms with Gasteiger partial charge in [-0.05, 0) is 23.6 Å². The zero-order valence-corrected chi connectivity index (χ0v) is 10.7. The van der Waals surface area contributed by atoms with Gasteiger partial charge in [-0.1, -0.05) is 41.9 Å². The minimum absolute atomic E-state index is 0.00602. The molecule has 0 heterocycles. The first-order valence-electron chi connectivity index (χ1n) is 5.06. The van der Waals surface area contributed by atoms with Gasteiger partial charge in [0.2, 0.25) is 0 Å². The summed E-state index contributed by atoms with van der Waals surface area (Å²) < 4.78 is 0. The Kier molecular flexibility index (Phi) is 4.82. The first-order chi connectivity index (χ1) is 7.13. The van der Waals surface area contributed by atoms with E-state index < -0.39 is 0 Å². The minimum atomic E-state index is 0.00602. The van der Waals surface area contributed by atoms with Gasteiger partial charge in [0.15, 0.2) is 0 Å². The molecule has 0 aliphatic heterocycles. The number of hydrogen-bond donors (Lipinski definition) is 1. The number of hydrogen-bond acceptors (Lipinski definition) is 1. The molecule has 0 unspecified atom stereocenters. The second kappa shape index (κ2) is 5.91. The molecule has 1 N–H and O–H groups in total. The van der Waals surface area contributed by atoms with E-state index in [1.54, 1.807) is 0 Å². The standard InChI is InChI=1S/C12H16BrNO/c1-9(2)8-14-12(15)11-5-3-4-10(6-11)7-13/h3-6,9H,7-8H2,1-2H3,(H,14,15). The monoisotopic (exact) mass is 269 g/mol. The summed E-state index contributed by atoms with van der Waals surface area (Å²) in [7, 11) is 0. The molecule has 15 heavy (non-hydrogen) atoms. The quantitative estimate of drug-likeness (QED) is 0.837. The summed E-state index contributed by atoms with van der Waals surface area (Å²) in [5.74, 6) is 0.486. The Labute approximate surface area is 99.2 Å². The van der Waals surface area contributed by atoms with E-state index in [1.807, 2.05) is 24.3 Å². The minimum Gasteiger partial charge on any atom is -0.352 e. The van der Waals surface area contributed by atoms with E-state index in [0.717, 1.165) is 23.0 Å². The number of carbonyl (C=O) groups excluding carboxylic acids is 1. The number of rotatable bonds is 4. The lowest BCUT2D eigenvalue weighted by Gasteiger charge is -2.08. The fraction of sp³-hybridized carbons (Fsp3) is 0.417. The highest BCUT2D eigenvalue weighted by Gasteiger charge is 2.05. The average Bonchev–Trinajstić information content (AvgIpc) is 2.26. The molecule has 3 heteroatoms. The van der Waals surface area contributed by atoms with Gasteiger partial charge in [-0.15, -0.1) is 0 Å². The van der Waals surface area contributed by atoms with Crippen molar-refractivity contribution in [3.63, 3.8) is 0 Å². The topological polar surface area (TPSA) is 29.1 Å². The van der Waals surface area contributed by atoms with Crippen LogP contribution in [0.25, 0.3) is 0 Å². The van der Waals surface area contributed by atoms with E-state index in [2.05, 4.69) is 35.1 Å². The van der Waals surface area contributed by atoms with Crippen LogP contribution in [0.4, 0.5) is 0 Å². The smallest absolute Gasteiger partial charge is 0.251 e. The van der Waals surface area contributed by atoms with E-state index in [1.165, 1.54) is 0 Å². The zero-order valence-electron chi connectivity index (χ0n) is 9.09. The molecule has 0 spiro atoms. The summed E-state index contributed by atoms with van der Waals surface area (Å²) in [6, 6.07) is 7.64. The van der Waals surface area contributed by atoms with Crippen molar-refractivity contribution in [3.8, 4) is 0 Å². The molecule has 2 nitrogen and oxygen atoms in total. The van der Waals surface area contributed by atoms with Crippen LogP contribution in [0.5, 0.6) is 0 Å². The molecule has 0 atom stereocenters. The summed E-state index contributed by atoms with van der Waals surface area (Å²) >= 11 is 3.37. The van der Waals surface area contributed by atoms with Crippen molar-refractivity contribution in [3.05, 3.63) is 35.4 Å². The molecular weight excluding hydrogens is 254 g/mol. The van der Waals surface area contributed by atoms with E-state index >= 15 is 0 Å². The van der Waals surface area contributed by atoms with Crippen LogP contribution >= 0.6 is 15.9 Å². The van der Waals surface area contributed by atoms with Crippen molar-refractivity contribution >= 4 is 21.8 Å². The highest BCUT2D eigenvalue weighted by Crippen LogP contribution is 2.08. The Morgan fingerprint density at radius 2 is 2.20 bits per heavy atom. The predicted molar refractivity (Wildman–Crippen MR) is 66.2 cm³/mol. The largest absolute Gasteiger partial charge is 0.352 e. The van der Waals surface area contributed by atoms with Crippen LogP contribution in [0.3, 0.4) is 0 Å². The lowest BCUT2D eigenvalue weighted by atomic mass is 10.1. The summed E-state index contributed by atoms with van der Waals surface area (Å²) in [5, 5.41) is 3.67. The summed E-state index contributed by atoms with van der Waals surface area (Å²) in [6.07, 6.45) is 0. The number of benzene rings is 1. The second-order valence-corrected chi connectivity index (χ2v) is 4.50. The molecule has 0 saturated heterocycles. The van der Waals surface area contributed by atoms with Crippen molar-refractivity contribution in [2.24, 2.45) is 5.92 Å². The number of nitrogens with one attached hydrogen (secondary N) is 1. The first-order valence-corrected chi connectivity index (χ1v) is 6.18. The van der Waals surface area contributed by atoms with Gasteiger partial charge in [-0.2, -0.15) is 0 Å². The van der Waals surface area contributed by atoms with Crippen LogP contribution in [0.1, 0.15) is 29.8 Å². The van der Waals surface area contributed by atoms with Crippen molar-refractivity contribution in [2.45, 2.75) is 19.2 Å². The molecule has 0 saturated carbocycles. The Balaban J connectivity index is 2.65. The van der Waals surface area contributed by atoms with Crippen molar-refractivity contribution in [1.82, 2.24) is 5.32 Å². The highest BCUT2D eigenvalue weighted by molar-refractivity contribution is 9.08. The van der Waals surface area contributed by atoms with Crippen molar-refractivity contribution < 1.29 is 4.79 Å². The van der Waals surface area contributed by atoms with E-state index in [-0.39, 0.29) is 5.91 Å². The van der Waals surface area contributed by atoms with Gasteiger partial charge in [-0.3, -0.25) is 4.79 Å². The summed E-state index contributed by atoms with van der Waals surface area (Å²) in [5.41, 5.74) is 1.85. The van der Waals surface area contributed by atoms with Gasteiger partial charge in [0, 0.05) is 17.4 Å². The van der Waals surface area contributed by atoms with E-state index in [9.17, 15) is 4.79 Å². The fourth-order valence-electron chi connectivity index (χ4n) is 1.19. The molecule has 82 valence electrons. The van der Waals surface area contributed by atoms with Gasteiger partial charge >= 0.3 is 0 Å². The summed E-state index contributed by atoms with van der Waals surface area (Å²) in [6.45, 7) is 4.88. The lowest BCUT2D eigenvalue weighted by molar-refractivity contribution is 0.0949. The van der Waals surface area contributed by atoms with Crippen LogP contribution < -0.4 is 5.32 Å². The Morgan fingerprint density at radius 3 is 2.80 bits per heavy atom. The third kappa shape index (κ3) is 4.04. The van der Waals surface area contributed by atoms with Gasteiger partial charge < -0.3 is 5.32 Å². The van der Waals surface area contributed by atoms with Crippen LogP contribution in [0, 0.1) is 5.92 Å². The molecule has 0 aromatic heterocycles. The van der Waals surface area contributed by atoms with Crippen LogP contribution in [-0.4, -0.2) is 12.5 Å². The average molecular weight is 270 g/mol. The molecule has 0 radical (unpaired) electrons. The van der Waals surface area contributed by atoms with Gasteiger partial charge in [-0.25, -0.2) is 0 Å². The van der Waals surface area contributed by atoms with Crippen LogP contribution in [-0.2, 0) is 5.33 Å². The summed E-state index contributed by atoms with van der Waals surface area (Å²) in [4.78, 5) is 11.7. The Hall–Kier alpha value is -0.830. The Morgan fingerprint density at radius 1 is 1.47 bits per heavy atom. The van der Waals surface area contributed by atoms with E-state index in [0.29, 0.717) is 5.92 Å². The molecule has 1 aromatic carbocycles. The van der Waals surface area contributed by atoms with Crippen LogP contribution in [0.15, 0.2) is 24.3 Å². The maximum Gasteiger partial charge on any atom is 0.251 e. The first kappa shape index (κ1) is 12.2. The molecule has 1 aromatic rings. The molecule has 0 fully saturated rings. The number of alkyl halides is 1. The molecule has 0 aliphatic carbocycles. The molecule has 1 amide bonds. The third-order valence-corrected chi connectivity index (χ3v) is 2.66. The van der Waals surface area contributed by atoms with Gasteiger partial charge in [0.05, 0.1) is 0 Å². The van der Waals surface area contributed by atoms with E-state index in [4.69, 9.17) is 0 Å². The molecule has 1 rings (SSSR count). The maximum atomic E-state index is 11.7. The fourth-order valence-corrected chi connectivity index (χ4v) is 1.54. The number of carbonyl (C=O) groups is 1. The highest BCUT2D eigenvalue weighted by atomic mass is 79.9. The normalized spacial score (nSPS) is 10.4.